The summed E-state index contributed by atoms with van der Waals surface area (Å²) in [7, 11) is 1.77. The van der Waals surface area contributed by atoms with Crippen LogP contribution in [0, 0.1) is 6.92 Å². The van der Waals surface area contributed by atoms with Crippen LogP contribution in [0.3, 0.4) is 0 Å². The van der Waals surface area contributed by atoms with E-state index in [0.717, 1.165) is 15.6 Å². The fraction of sp³-hybridized carbons (Fsp3) is 0.200. The van der Waals surface area contributed by atoms with Gasteiger partial charge in [-0.3, -0.25) is 9.89 Å². The number of likely N-dealkylation sites (N-methyl/N-ethyl adjacent to an activating group) is 1. The van der Waals surface area contributed by atoms with Crippen LogP contribution in [-0.2, 0) is 11.3 Å². The predicted octanol–water partition coefficient (Wildman–Crippen LogP) is 3.15. The van der Waals surface area contributed by atoms with Crippen molar-refractivity contribution in [3.8, 4) is 0 Å². The van der Waals surface area contributed by atoms with Crippen LogP contribution in [0.15, 0.2) is 41.1 Å². The molecule has 104 valence electrons. The highest BCUT2D eigenvalue weighted by Gasteiger charge is 2.06. The van der Waals surface area contributed by atoms with Gasteiger partial charge in [0, 0.05) is 35.9 Å². The van der Waals surface area contributed by atoms with Gasteiger partial charge in [0.2, 0.25) is 5.91 Å². The molecular weight excluding hydrogens is 318 g/mol. The van der Waals surface area contributed by atoms with Crippen molar-refractivity contribution in [3.63, 3.8) is 0 Å². The molecule has 0 saturated carbocycles. The standard InChI is InChI=1S/C15H16BrN3O/c1-11-3-4-13(14(16)7-11)5-6-15(20)19(2)10-12-8-17-18-9-12/h3-9H,10H2,1-2H3,(H,17,18). The number of nitrogens with one attached hydrogen (secondary N) is 1. The van der Waals surface area contributed by atoms with Crippen LogP contribution < -0.4 is 0 Å². The number of hydrogen-bond acceptors (Lipinski definition) is 2. The summed E-state index contributed by atoms with van der Waals surface area (Å²) in [5, 5.41) is 6.59. The van der Waals surface area contributed by atoms with E-state index in [0.29, 0.717) is 6.54 Å². The average Bonchev–Trinajstić information content (AvgIpc) is 2.90. The van der Waals surface area contributed by atoms with E-state index in [-0.39, 0.29) is 5.91 Å². The summed E-state index contributed by atoms with van der Waals surface area (Å²) in [5.74, 6) is -0.0429. The van der Waals surface area contributed by atoms with Gasteiger partial charge in [0.1, 0.15) is 0 Å². The lowest BCUT2D eigenvalue weighted by atomic mass is 10.1. The Morgan fingerprint density at radius 3 is 2.95 bits per heavy atom. The van der Waals surface area contributed by atoms with Crippen molar-refractivity contribution in [1.82, 2.24) is 15.1 Å². The highest BCUT2D eigenvalue weighted by molar-refractivity contribution is 9.10. The lowest BCUT2D eigenvalue weighted by Crippen LogP contribution is -2.23. The van der Waals surface area contributed by atoms with Crippen molar-refractivity contribution in [2.24, 2.45) is 0 Å². The SMILES string of the molecule is Cc1ccc(C=CC(=O)N(C)Cc2cn[nH]c2)c(Br)c1. The third-order valence-corrected chi connectivity index (χ3v) is 3.60. The molecular formula is C15H16BrN3O. The van der Waals surface area contributed by atoms with Gasteiger partial charge in [-0.2, -0.15) is 5.10 Å². The molecule has 1 amide bonds. The Balaban J connectivity index is 2.01. The Bertz CT molecular complexity index is 620. The lowest BCUT2D eigenvalue weighted by Gasteiger charge is -2.13. The second-order valence-electron chi connectivity index (χ2n) is 4.66. The maximum atomic E-state index is 12.0. The van der Waals surface area contributed by atoms with Gasteiger partial charge >= 0.3 is 0 Å². The van der Waals surface area contributed by atoms with Crippen molar-refractivity contribution >= 4 is 27.9 Å². The Morgan fingerprint density at radius 2 is 2.30 bits per heavy atom. The fourth-order valence-electron chi connectivity index (χ4n) is 1.77. The minimum absolute atomic E-state index is 0.0429. The molecule has 0 atom stereocenters. The number of carbonyl (C=O) groups is 1. The average molecular weight is 334 g/mol. The van der Waals surface area contributed by atoms with Crippen molar-refractivity contribution in [1.29, 1.82) is 0 Å². The van der Waals surface area contributed by atoms with Crippen LogP contribution in [0.5, 0.6) is 0 Å². The first-order valence-corrected chi connectivity index (χ1v) is 7.02. The molecule has 0 bridgehead atoms. The highest BCUT2D eigenvalue weighted by atomic mass is 79.9. The summed E-state index contributed by atoms with van der Waals surface area (Å²) in [5.41, 5.74) is 3.14. The Hall–Kier alpha value is -1.88. The van der Waals surface area contributed by atoms with E-state index in [2.05, 4.69) is 26.1 Å². The molecule has 2 aromatic rings. The molecule has 1 N–H and O–H groups in total. The van der Waals surface area contributed by atoms with Gasteiger partial charge in [-0.15, -0.1) is 0 Å². The number of nitrogens with zero attached hydrogens (tertiary/aromatic N) is 2. The number of carbonyl (C=O) groups excluding carboxylic acids is 1. The van der Waals surface area contributed by atoms with Gasteiger partial charge in [0.15, 0.2) is 0 Å². The topological polar surface area (TPSA) is 49.0 Å². The molecule has 0 radical (unpaired) electrons. The van der Waals surface area contributed by atoms with E-state index in [1.54, 1.807) is 30.4 Å². The minimum atomic E-state index is -0.0429. The van der Waals surface area contributed by atoms with Gasteiger partial charge in [0.25, 0.3) is 0 Å². The largest absolute Gasteiger partial charge is 0.338 e. The van der Waals surface area contributed by atoms with Gasteiger partial charge < -0.3 is 4.90 Å². The number of amides is 1. The van der Waals surface area contributed by atoms with Crippen molar-refractivity contribution in [3.05, 3.63) is 57.8 Å². The first kappa shape index (κ1) is 14.5. The Morgan fingerprint density at radius 1 is 1.50 bits per heavy atom. The van der Waals surface area contributed by atoms with E-state index in [1.807, 2.05) is 31.2 Å². The summed E-state index contributed by atoms with van der Waals surface area (Å²) < 4.78 is 0.985. The first-order chi connectivity index (χ1) is 9.56. The van der Waals surface area contributed by atoms with E-state index >= 15 is 0 Å². The van der Waals surface area contributed by atoms with Crippen LogP contribution in [-0.4, -0.2) is 28.1 Å². The smallest absolute Gasteiger partial charge is 0.246 e. The normalized spacial score (nSPS) is 10.9. The van der Waals surface area contributed by atoms with Gasteiger partial charge in [-0.1, -0.05) is 28.1 Å². The number of benzene rings is 1. The number of aromatic nitrogens is 2. The maximum absolute atomic E-state index is 12.0. The fourth-order valence-corrected chi connectivity index (χ4v) is 2.40. The Labute approximate surface area is 126 Å². The molecule has 1 heterocycles. The molecule has 4 nitrogen and oxygen atoms in total. The van der Waals surface area contributed by atoms with Crippen LogP contribution in [0.4, 0.5) is 0 Å². The molecule has 0 saturated heterocycles. The van der Waals surface area contributed by atoms with E-state index in [1.165, 1.54) is 5.56 Å². The Kier molecular flexibility index (Phi) is 4.74. The first-order valence-electron chi connectivity index (χ1n) is 6.23. The quantitative estimate of drug-likeness (QED) is 0.873. The molecule has 20 heavy (non-hydrogen) atoms. The predicted molar refractivity (Wildman–Crippen MR) is 83.0 cm³/mol. The molecule has 0 aliphatic heterocycles. The second-order valence-corrected chi connectivity index (χ2v) is 5.51. The molecule has 2 rings (SSSR count). The third kappa shape index (κ3) is 3.81. The lowest BCUT2D eigenvalue weighted by molar-refractivity contribution is -0.125. The second kappa shape index (κ2) is 6.52. The number of H-pyrrole nitrogens is 1. The molecule has 0 aliphatic carbocycles. The van der Waals surface area contributed by atoms with Gasteiger partial charge in [-0.05, 0) is 30.2 Å². The number of rotatable bonds is 4. The van der Waals surface area contributed by atoms with Crippen LogP contribution in [0.2, 0.25) is 0 Å². The summed E-state index contributed by atoms with van der Waals surface area (Å²) in [4.78, 5) is 13.7. The van der Waals surface area contributed by atoms with Crippen LogP contribution in [0.1, 0.15) is 16.7 Å². The van der Waals surface area contributed by atoms with Crippen molar-refractivity contribution in [2.75, 3.05) is 7.05 Å². The summed E-state index contributed by atoms with van der Waals surface area (Å²) in [6.45, 7) is 2.57. The molecule has 1 aromatic carbocycles. The molecule has 0 spiro atoms. The summed E-state index contributed by atoms with van der Waals surface area (Å²) in [6.07, 6.45) is 6.89. The zero-order valence-electron chi connectivity index (χ0n) is 11.4. The number of halogens is 1. The van der Waals surface area contributed by atoms with E-state index in [9.17, 15) is 4.79 Å². The molecule has 0 unspecified atom stereocenters. The molecule has 1 aromatic heterocycles. The highest BCUT2D eigenvalue weighted by Crippen LogP contribution is 2.19. The van der Waals surface area contributed by atoms with Crippen LogP contribution >= 0.6 is 15.9 Å². The maximum Gasteiger partial charge on any atom is 0.246 e. The van der Waals surface area contributed by atoms with Gasteiger partial charge in [-0.25, -0.2) is 0 Å². The number of hydrogen-bond donors (Lipinski definition) is 1. The van der Waals surface area contributed by atoms with Crippen molar-refractivity contribution in [2.45, 2.75) is 13.5 Å². The molecule has 0 aliphatic rings. The van der Waals surface area contributed by atoms with Gasteiger partial charge in [0.05, 0.1) is 6.20 Å². The molecule has 0 fully saturated rings. The minimum Gasteiger partial charge on any atom is -0.338 e. The number of aromatic amines is 1. The molecule has 5 heteroatoms. The summed E-state index contributed by atoms with van der Waals surface area (Å²) in [6, 6.07) is 6.03. The number of aryl methyl sites for hydroxylation is 1. The third-order valence-electron chi connectivity index (χ3n) is 2.91. The van der Waals surface area contributed by atoms with Crippen LogP contribution in [0.25, 0.3) is 6.08 Å². The van der Waals surface area contributed by atoms with E-state index < -0.39 is 0 Å². The zero-order chi connectivity index (χ0) is 14.5. The zero-order valence-corrected chi connectivity index (χ0v) is 13.0. The van der Waals surface area contributed by atoms with E-state index in [4.69, 9.17) is 0 Å². The van der Waals surface area contributed by atoms with Crippen molar-refractivity contribution < 1.29 is 4.79 Å². The summed E-state index contributed by atoms with van der Waals surface area (Å²) >= 11 is 3.49. The monoisotopic (exact) mass is 333 g/mol.